The number of hydrogen-bond acceptors (Lipinski definition) is 5. The monoisotopic (exact) mass is 503 g/mol. The molecule has 1 fully saturated rings. The number of carbonyl (C=O) groups excluding carboxylic acids is 2. The van der Waals surface area contributed by atoms with Gasteiger partial charge in [-0.05, 0) is 56.2 Å². The van der Waals surface area contributed by atoms with Crippen LogP contribution in [0.2, 0.25) is 10.0 Å². The molecule has 1 aliphatic heterocycles. The van der Waals surface area contributed by atoms with Crippen LogP contribution in [0.5, 0.6) is 0 Å². The number of amides is 2. The van der Waals surface area contributed by atoms with E-state index in [2.05, 4.69) is 15.5 Å². The van der Waals surface area contributed by atoms with Crippen molar-refractivity contribution in [3.63, 3.8) is 0 Å². The lowest BCUT2D eigenvalue weighted by Gasteiger charge is -2.25. The first-order chi connectivity index (χ1) is 16.0. The first-order valence-electron chi connectivity index (χ1n) is 10.6. The van der Waals surface area contributed by atoms with Gasteiger partial charge in [-0.25, -0.2) is 0 Å². The predicted octanol–water partition coefficient (Wildman–Crippen LogP) is 5.31. The fourth-order valence-electron chi connectivity index (χ4n) is 3.88. The molecule has 2 amide bonds. The lowest BCUT2D eigenvalue weighted by molar-refractivity contribution is -0.113. The maximum atomic E-state index is 13.2. The molecule has 1 aliphatic rings. The average molecular weight is 504 g/mol. The van der Waals surface area contributed by atoms with Crippen LogP contribution < -0.4 is 5.32 Å². The van der Waals surface area contributed by atoms with Gasteiger partial charge >= 0.3 is 0 Å². The lowest BCUT2D eigenvalue weighted by atomic mass is 10.1. The van der Waals surface area contributed by atoms with Crippen molar-refractivity contribution >= 4 is 52.5 Å². The Morgan fingerprint density at radius 1 is 1.12 bits per heavy atom. The van der Waals surface area contributed by atoms with Crippen LogP contribution in [0.3, 0.4) is 0 Å². The van der Waals surface area contributed by atoms with Crippen LogP contribution in [-0.4, -0.2) is 43.8 Å². The molecule has 4 rings (SSSR count). The highest BCUT2D eigenvalue weighted by Crippen LogP contribution is 2.34. The number of halogens is 2. The van der Waals surface area contributed by atoms with Crippen molar-refractivity contribution in [1.82, 2.24) is 19.7 Å². The molecule has 0 spiro atoms. The Balaban J connectivity index is 1.46. The molecule has 172 valence electrons. The van der Waals surface area contributed by atoms with Gasteiger partial charge in [0.2, 0.25) is 5.91 Å². The van der Waals surface area contributed by atoms with Crippen molar-refractivity contribution < 1.29 is 9.59 Å². The summed E-state index contributed by atoms with van der Waals surface area (Å²) in [6.45, 7) is 3.27. The van der Waals surface area contributed by atoms with Crippen molar-refractivity contribution in [2.75, 3.05) is 17.6 Å². The molecular weight excluding hydrogens is 481 g/mol. The van der Waals surface area contributed by atoms with Gasteiger partial charge in [0.05, 0.1) is 22.4 Å². The normalized spacial score (nSPS) is 15.6. The van der Waals surface area contributed by atoms with Gasteiger partial charge in [0, 0.05) is 23.8 Å². The van der Waals surface area contributed by atoms with Gasteiger partial charge in [0.15, 0.2) is 11.0 Å². The molecule has 1 N–H and O–H groups in total. The molecule has 2 aromatic carbocycles. The van der Waals surface area contributed by atoms with E-state index in [1.165, 1.54) is 11.8 Å². The lowest BCUT2D eigenvalue weighted by Crippen LogP contribution is -2.32. The third-order valence-electron chi connectivity index (χ3n) is 5.44. The van der Waals surface area contributed by atoms with Gasteiger partial charge < -0.3 is 14.8 Å². The number of thioether (sulfide) groups is 1. The number of aromatic nitrogens is 3. The SMILES string of the molecule is CCn1c(SCC(=O)Nc2ccc(Cl)cc2)nnc1C1CCCN1C(=O)c1ccccc1Cl. The topological polar surface area (TPSA) is 80.1 Å². The first kappa shape index (κ1) is 23.6. The fourth-order valence-corrected chi connectivity index (χ4v) is 5.03. The molecule has 1 saturated heterocycles. The molecule has 0 bridgehead atoms. The van der Waals surface area contributed by atoms with Gasteiger partial charge in [0.25, 0.3) is 5.91 Å². The van der Waals surface area contributed by atoms with Crippen molar-refractivity contribution in [3.8, 4) is 0 Å². The van der Waals surface area contributed by atoms with Gasteiger partial charge in [-0.1, -0.05) is 47.1 Å². The smallest absolute Gasteiger partial charge is 0.255 e. The van der Waals surface area contributed by atoms with Gasteiger partial charge in [-0.3, -0.25) is 9.59 Å². The predicted molar refractivity (Wildman–Crippen MR) is 131 cm³/mol. The molecule has 1 atom stereocenters. The Morgan fingerprint density at radius 2 is 1.88 bits per heavy atom. The summed E-state index contributed by atoms with van der Waals surface area (Å²) in [6.07, 6.45) is 1.68. The van der Waals surface area contributed by atoms with E-state index in [9.17, 15) is 9.59 Å². The number of nitrogens with zero attached hydrogens (tertiary/aromatic N) is 4. The summed E-state index contributed by atoms with van der Waals surface area (Å²) >= 11 is 13.5. The third-order valence-corrected chi connectivity index (χ3v) is 6.99. The average Bonchev–Trinajstić information content (AvgIpc) is 3.45. The first-order valence-corrected chi connectivity index (χ1v) is 12.4. The van der Waals surface area contributed by atoms with Crippen LogP contribution in [-0.2, 0) is 11.3 Å². The number of carbonyl (C=O) groups is 2. The number of likely N-dealkylation sites (tertiary alicyclic amines) is 1. The van der Waals surface area contributed by atoms with Crippen LogP contribution >= 0.6 is 35.0 Å². The minimum Gasteiger partial charge on any atom is -0.328 e. The number of benzene rings is 2. The molecule has 0 aliphatic carbocycles. The Bertz CT molecular complexity index is 1150. The van der Waals surface area contributed by atoms with E-state index in [0.29, 0.717) is 39.5 Å². The molecule has 0 saturated carbocycles. The van der Waals surface area contributed by atoms with E-state index in [-0.39, 0.29) is 23.6 Å². The second kappa shape index (κ2) is 10.6. The number of rotatable bonds is 7. The van der Waals surface area contributed by atoms with Crippen LogP contribution in [0.15, 0.2) is 53.7 Å². The zero-order valence-electron chi connectivity index (χ0n) is 18.0. The van der Waals surface area contributed by atoms with E-state index in [1.54, 1.807) is 42.5 Å². The standard InChI is InChI=1S/C23H23Cl2N5O2S/c1-2-29-21(19-8-5-13-30(19)22(32)17-6-3-4-7-18(17)25)27-28-23(29)33-14-20(31)26-16-11-9-15(24)10-12-16/h3-4,6-7,9-12,19H,2,5,8,13-14H2,1H3,(H,26,31). The number of hydrogen-bond donors (Lipinski definition) is 1. The Labute approximate surface area is 206 Å². The zero-order chi connectivity index (χ0) is 23.4. The van der Waals surface area contributed by atoms with Gasteiger partial charge in [-0.15, -0.1) is 10.2 Å². The fraction of sp³-hybridized carbons (Fsp3) is 0.304. The summed E-state index contributed by atoms with van der Waals surface area (Å²) in [7, 11) is 0. The molecule has 33 heavy (non-hydrogen) atoms. The van der Waals surface area contributed by atoms with E-state index in [1.807, 2.05) is 22.5 Å². The van der Waals surface area contributed by atoms with Gasteiger partial charge in [0.1, 0.15) is 0 Å². The summed E-state index contributed by atoms with van der Waals surface area (Å²) in [5.41, 5.74) is 1.17. The molecule has 7 nitrogen and oxygen atoms in total. The van der Waals surface area contributed by atoms with E-state index < -0.39 is 0 Å². The second-order valence-electron chi connectivity index (χ2n) is 7.57. The maximum absolute atomic E-state index is 13.2. The van der Waals surface area contributed by atoms with Crippen molar-refractivity contribution in [2.45, 2.75) is 37.5 Å². The van der Waals surface area contributed by atoms with E-state index in [0.717, 1.165) is 18.7 Å². The quantitative estimate of drug-likeness (QED) is 0.441. The van der Waals surface area contributed by atoms with Crippen LogP contribution in [0.25, 0.3) is 0 Å². The summed E-state index contributed by atoms with van der Waals surface area (Å²) in [5.74, 6) is 0.667. The molecule has 1 unspecified atom stereocenters. The summed E-state index contributed by atoms with van der Waals surface area (Å²) in [4.78, 5) is 27.4. The number of anilines is 1. The summed E-state index contributed by atoms with van der Waals surface area (Å²) in [6, 6.07) is 13.8. The highest BCUT2D eigenvalue weighted by molar-refractivity contribution is 7.99. The molecule has 3 aromatic rings. The minimum atomic E-state index is -0.182. The number of nitrogens with one attached hydrogen (secondary N) is 1. The van der Waals surface area contributed by atoms with Crippen LogP contribution in [0, 0.1) is 0 Å². The molecular formula is C23H23Cl2N5O2S. The Kier molecular flexibility index (Phi) is 7.57. The maximum Gasteiger partial charge on any atom is 0.255 e. The van der Waals surface area contributed by atoms with E-state index >= 15 is 0 Å². The molecule has 0 radical (unpaired) electrons. The van der Waals surface area contributed by atoms with Gasteiger partial charge in [-0.2, -0.15) is 0 Å². The minimum absolute atomic E-state index is 0.106. The van der Waals surface area contributed by atoms with Crippen molar-refractivity contribution in [3.05, 3.63) is 70.0 Å². The largest absolute Gasteiger partial charge is 0.328 e. The highest BCUT2D eigenvalue weighted by Gasteiger charge is 2.35. The molecule has 2 heterocycles. The van der Waals surface area contributed by atoms with Crippen LogP contribution in [0.4, 0.5) is 5.69 Å². The third kappa shape index (κ3) is 5.34. The Hall–Kier alpha value is -2.55. The summed E-state index contributed by atoms with van der Waals surface area (Å²) < 4.78 is 1.98. The Morgan fingerprint density at radius 3 is 2.61 bits per heavy atom. The zero-order valence-corrected chi connectivity index (χ0v) is 20.3. The summed E-state index contributed by atoms with van der Waals surface area (Å²) in [5, 5.41) is 13.3. The highest BCUT2D eigenvalue weighted by atomic mass is 35.5. The van der Waals surface area contributed by atoms with Crippen molar-refractivity contribution in [1.29, 1.82) is 0 Å². The van der Waals surface area contributed by atoms with Crippen molar-refractivity contribution in [2.24, 2.45) is 0 Å². The van der Waals surface area contributed by atoms with Crippen LogP contribution in [0.1, 0.15) is 42.0 Å². The molecule has 1 aromatic heterocycles. The second-order valence-corrected chi connectivity index (χ2v) is 9.35. The molecule has 10 heteroatoms. The van der Waals surface area contributed by atoms with E-state index in [4.69, 9.17) is 23.2 Å².